The van der Waals surface area contributed by atoms with Crippen molar-refractivity contribution in [1.82, 2.24) is 4.98 Å². The van der Waals surface area contributed by atoms with Crippen molar-refractivity contribution in [3.05, 3.63) is 107 Å². The van der Waals surface area contributed by atoms with Gasteiger partial charge in [0.05, 0.1) is 0 Å². The zero-order chi connectivity index (χ0) is 16.4. The van der Waals surface area contributed by atoms with E-state index in [2.05, 4.69) is 65.7 Å². The number of fused-ring (bicyclic) bond motifs is 1. The smallest absolute Gasteiger partial charge is 0.0471 e. The average Bonchev–Trinajstić information content (AvgIpc) is 3.04. The molecule has 0 aliphatic carbocycles. The number of aromatic nitrogens is 1. The van der Waals surface area contributed by atoms with Gasteiger partial charge < -0.3 is 4.98 Å². The number of hydrogen-bond donors (Lipinski definition) is 1. The summed E-state index contributed by atoms with van der Waals surface area (Å²) in [6.45, 7) is 0. The Bertz CT molecular complexity index is 998. The maximum Gasteiger partial charge on any atom is 0.0471 e. The van der Waals surface area contributed by atoms with Gasteiger partial charge in [0, 0.05) is 27.2 Å². The van der Waals surface area contributed by atoms with Crippen LogP contribution in [-0.2, 0) is 0 Å². The molecule has 1 nitrogen and oxygen atoms in total. The number of rotatable bonds is 3. The molecule has 24 heavy (non-hydrogen) atoms. The van der Waals surface area contributed by atoms with E-state index in [0.717, 1.165) is 27.2 Å². The summed E-state index contributed by atoms with van der Waals surface area (Å²) in [6, 6.07) is 28.9. The SMILES string of the molecule is Clc1ccc2[nH]c(/C(=C/c3ccccc3)c3ccccc3)cc2c1. The molecule has 4 aromatic rings. The van der Waals surface area contributed by atoms with E-state index in [4.69, 9.17) is 11.6 Å². The van der Waals surface area contributed by atoms with Crippen LogP contribution in [0.25, 0.3) is 22.6 Å². The van der Waals surface area contributed by atoms with Crippen molar-refractivity contribution in [3.63, 3.8) is 0 Å². The number of hydrogen-bond acceptors (Lipinski definition) is 0. The monoisotopic (exact) mass is 329 g/mol. The molecular weight excluding hydrogens is 314 g/mol. The van der Waals surface area contributed by atoms with Gasteiger partial charge >= 0.3 is 0 Å². The Kier molecular flexibility index (Phi) is 3.94. The fourth-order valence-electron chi connectivity index (χ4n) is 2.90. The van der Waals surface area contributed by atoms with E-state index in [1.54, 1.807) is 0 Å². The first-order valence-electron chi connectivity index (χ1n) is 7.90. The first-order chi connectivity index (χ1) is 11.8. The van der Waals surface area contributed by atoms with Crippen molar-refractivity contribution in [1.29, 1.82) is 0 Å². The molecule has 1 aromatic heterocycles. The zero-order valence-electron chi connectivity index (χ0n) is 13.0. The molecule has 0 saturated carbocycles. The van der Waals surface area contributed by atoms with Crippen LogP contribution in [-0.4, -0.2) is 4.98 Å². The Labute approximate surface area is 146 Å². The molecule has 1 heterocycles. The van der Waals surface area contributed by atoms with Gasteiger partial charge in [-0.05, 0) is 41.5 Å². The van der Waals surface area contributed by atoms with Crippen molar-refractivity contribution in [2.45, 2.75) is 0 Å². The minimum Gasteiger partial charge on any atom is -0.355 e. The lowest BCUT2D eigenvalue weighted by Crippen LogP contribution is -1.88. The summed E-state index contributed by atoms with van der Waals surface area (Å²) in [4.78, 5) is 3.51. The van der Waals surface area contributed by atoms with Crippen LogP contribution >= 0.6 is 11.6 Å². The molecule has 0 atom stereocenters. The Morgan fingerprint density at radius 1 is 0.792 bits per heavy atom. The standard InChI is InChI=1S/C22H16ClN/c23-19-11-12-21-18(14-19)15-22(24-21)20(17-9-5-2-6-10-17)13-16-7-3-1-4-8-16/h1-15,24H/b20-13+. The zero-order valence-corrected chi connectivity index (χ0v) is 13.8. The Morgan fingerprint density at radius 2 is 1.50 bits per heavy atom. The number of aromatic amines is 1. The topological polar surface area (TPSA) is 15.8 Å². The summed E-state index contributed by atoms with van der Waals surface area (Å²) in [7, 11) is 0. The van der Waals surface area contributed by atoms with E-state index in [9.17, 15) is 0 Å². The van der Waals surface area contributed by atoms with Crippen LogP contribution in [0.1, 0.15) is 16.8 Å². The van der Waals surface area contributed by atoms with E-state index in [1.807, 2.05) is 30.3 Å². The van der Waals surface area contributed by atoms with Crippen molar-refractivity contribution in [2.24, 2.45) is 0 Å². The summed E-state index contributed by atoms with van der Waals surface area (Å²) >= 11 is 6.13. The van der Waals surface area contributed by atoms with Crippen LogP contribution in [0, 0.1) is 0 Å². The minimum absolute atomic E-state index is 0.751. The van der Waals surface area contributed by atoms with Gasteiger partial charge in [-0.2, -0.15) is 0 Å². The molecule has 0 amide bonds. The van der Waals surface area contributed by atoms with Crippen LogP contribution in [0.5, 0.6) is 0 Å². The van der Waals surface area contributed by atoms with Gasteiger partial charge in [-0.3, -0.25) is 0 Å². The second kappa shape index (κ2) is 6.38. The van der Waals surface area contributed by atoms with Gasteiger partial charge in [-0.1, -0.05) is 72.3 Å². The Hall–Kier alpha value is -2.77. The highest BCUT2D eigenvalue weighted by Gasteiger charge is 2.09. The van der Waals surface area contributed by atoms with Crippen LogP contribution in [0.3, 0.4) is 0 Å². The van der Waals surface area contributed by atoms with Crippen LogP contribution < -0.4 is 0 Å². The molecule has 0 fully saturated rings. The Balaban J connectivity index is 1.90. The van der Waals surface area contributed by atoms with Crippen LogP contribution in [0.4, 0.5) is 0 Å². The number of benzene rings is 3. The van der Waals surface area contributed by atoms with Gasteiger partial charge in [-0.15, -0.1) is 0 Å². The third-order valence-corrected chi connectivity index (χ3v) is 4.30. The summed E-state index contributed by atoms with van der Waals surface area (Å²) in [5, 5.41) is 1.87. The maximum atomic E-state index is 6.13. The van der Waals surface area contributed by atoms with Crippen molar-refractivity contribution >= 4 is 34.2 Å². The lowest BCUT2D eigenvalue weighted by atomic mass is 10.00. The highest BCUT2D eigenvalue weighted by atomic mass is 35.5. The van der Waals surface area contributed by atoms with Crippen LogP contribution in [0.15, 0.2) is 84.9 Å². The molecule has 3 aromatic carbocycles. The average molecular weight is 330 g/mol. The predicted octanol–water partition coefficient (Wildman–Crippen LogP) is 6.41. The van der Waals surface area contributed by atoms with E-state index < -0.39 is 0 Å². The highest BCUT2D eigenvalue weighted by Crippen LogP contribution is 2.29. The van der Waals surface area contributed by atoms with Crippen molar-refractivity contribution < 1.29 is 0 Å². The third kappa shape index (κ3) is 2.99. The molecule has 0 radical (unpaired) electrons. The van der Waals surface area contributed by atoms with E-state index >= 15 is 0 Å². The summed E-state index contributed by atoms with van der Waals surface area (Å²) in [6.07, 6.45) is 2.21. The molecule has 0 spiro atoms. The largest absolute Gasteiger partial charge is 0.355 e. The number of nitrogens with one attached hydrogen (secondary N) is 1. The van der Waals surface area contributed by atoms with Gasteiger partial charge in [0.2, 0.25) is 0 Å². The fourth-order valence-corrected chi connectivity index (χ4v) is 3.08. The Morgan fingerprint density at radius 3 is 2.25 bits per heavy atom. The maximum absolute atomic E-state index is 6.13. The number of H-pyrrole nitrogens is 1. The molecule has 4 rings (SSSR count). The number of halogens is 1. The lowest BCUT2D eigenvalue weighted by Gasteiger charge is -2.06. The quantitative estimate of drug-likeness (QED) is 0.418. The highest BCUT2D eigenvalue weighted by molar-refractivity contribution is 6.31. The lowest BCUT2D eigenvalue weighted by molar-refractivity contribution is 1.39. The first-order valence-corrected chi connectivity index (χ1v) is 8.28. The molecule has 116 valence electrons. The normalized spacial score (nSPS) is 11.8. The predicted molar refractivity (Wildman–Crippen MR) is 103 cm³/mol. The summed E-state index contributed by atoms with van der Waals surface area (Å²) < 4.78 is 0. The van der Waals surface area contributed by atoms with Crippen molar-refractivity contribution in [3.8, 4) is 0 Å². The second-order valence-electron chi connectivity index (χ2n) is 5.75. The summed E-state index contributed by atoms with van der Waals surface area (Å²) in [5.41, 5.74) is 5.69. The van der Waals surface area contributed by atoms with Crippen molar-refractivity contribution in [2.75, 3.05) is 0 Å². The fraction of sp³-hybridized carbons (Fsp3) is 0. The van der Waals surface area contributed by atoms with E-state index in [1.165, 1.54) is 11.1 Å². The van der Waals surface area contributed by atoms with E-state index in [-0.39, 0.29) is 0 Å². The van der Waals surface area contributed by atoms with Gasteiger partial charge in [-0.25, -0.2) is 0 Å². The molecule has 0 saturated heterocycles. The molecule has 0 unspecified atom stereocenters. The second-order valence-corrected chi connectivity index (χ2v) is 6.19. The van der Waals surface area contributed by atoms with Crippen LogP contribution in [0.2, 0.25) is 5.02 Å². The molecule has 0 aliphatic heterocycles. The molecule has 0 aliphatic rings. The van der Waals surface area contributed by atoms with Gasteiger partial charge in [0.15, 0.2) is 0 Å². The molecule has 1 N–H and O–H groups in total. The summed E-state index contributed by atoms with van der Waals surface area (Å²) in [5.74, 6) is 0. The third-order valence-electron chi connectivity index (χ3n) is 4.07. The molecular formula is C22H16ClN. The molecule has 2 heteroatoms. The van der Waals surface area contributed by atoms with E-state index in [0.29, 0.717) is 0 Å². The van der Waals surface area contributed by atoms with Gasteiger partial charge in [0.1, 0.15) is 0 Å². The minimum atomic E-state index is 0.751. The first kappa shape index (κ1) is 14.8. The molecule has 0 bridgehead atoms. The van der Waals surface area contributed by atoms with Gasteiger partial charge in [0.25, 0.3) is 0 Å².